The molecule has 1 aromatic heterocycles. The van der Waals surface area contributed by atoms with Gasteiger partial charge in [-0.1, -0.05) is 20.8 Å². The molecule has 1 fully saturated rings. The van der Waals surface area contributed by atoms with Crippen molar-refractivity contribution < 1.29 is 9.32 Å². The van der Waals surface area contributed by atoms with Crippen LogP contribution in [0.25, 0.3) is 0 Å². The quantitative estimate of drug-likeness (QED) is 0.878. The number of aliphatic hydroxyl groups is 1. The Morgan fingerprint density at radius 2 is 2.30 bits per heavy atom. The summed E-state index contributed by atoms with van der Waals surface area (Å²) in [4.78, 5) is 0. The predicted molar refractivity (Wildman–Crippen MR) is 80.6 cm³/mol. The summed E-state index contributed by atoms with van der Waals surface area (Å²) in [6.07, 6.45) is 4.77. The summed E-state index contributed by atoms with van der Waals surface area (Å²) < 4.78 is 13.8. The van der Waals surface area contributed by atoms with Crippen molar-refractivity contribution in [3.05, 3.63) is 18.0 Å². The van der Waals surface area contributed by atoms with Crippen molar-refractivity contribution >= 4 is 10.8 Å². The first-order valence-electron chi connectivity index (χ1n) is 7.13. The Balaban J connectivity index is 1.86. The van der Waals surface area contributed by atoms with E-state index in [0.29, 0.717) is 25.1 Å². The molecular formula is C14H25N3O2S. The van der Waals surface area contributed by atoms with Gasteiger partial charge in [0.15, 0.2) is 0 Å². The Bertz CT molecular complexity index is 467. The molecule has 2 rings (SSSR count). The van der Waals surface area contributed by atoms with Gasteiger partial charge in [-0.15, -0.1) is 0 Å². The fraction of sp³-hybridized carbons (Fsp3) is 0.786. The SMILES string of the molecule is CC(C)(C)Cn1cc(CNC2CC(O)CCS2=O)cn1. The van der Waals surface area contributed by atoms with E-state index in [1.54, 1.807) is 0 Å². The average molecular weight is 299 g/mol. The molecule has 3 atom stereocenters. The van der Waals surface area contributed by atoms with E-state index in [1.165, 1.54) is 0 Å². The molecule has 6 heteroatoms. The van der Waals surface area contributed by atoms with E-state index in [4.69, 9.17) is 0 Å². The van der Waals surface area contributed by atoms with Crippen LogP contribution in [0.4, 0.5) is 0 Å². The molecule has 0 aromatic carbocycles. The van der Waals surface area contributed by atoms with Gasteiger partial charge in [-0.25, -0.2) is 0 Å². The zero-order valence-corrected chi connectivity index (χ0v) is 13.3. The fourth-order valence-corrected chi connectivity index (χ4v) is 3.84. The third-order valence-electron chi connectivity index (χ3n) is 3.31. The molecule has 1 aromatic rings. The number of hydrogen-bond donors (Lipinski definition) is 2. The Kier molecular flexibility index (Phi) is 4.99. The minimum absolute atomic E-state index is 0.107. The monoisotopic (exact) mass is 299 g/mol. The normalized spacial score (nSPS) is 27.7. The van der Waals surface area contributed by atoms with E-state index in [0.717, 1.165) is 12.1 Å². The van der Waals surface area contributed by atoms with Crippen molar-refractivity contribution in [2.75, 3.05) is 5.75 Å². The van der Waals surface area contributed by atoms with Crippen LogP contribution in [0, 0.1) is 5.41 Å². The molecule has 20 heavy (non-hydrogen) atoms. The summed E-state index contributed by atoms with van der Waals surface area (Å²) in [5, 5.41) is 17.2. The van der Waals surface area contributed by atoms with Crippen LogP contribution in [0.3, 0.4) is 0 Å². The molecule has 1 saturated heterocycles. The number of nitrogens with one attached hydrogen (secondary N) is 1. The Morgan fingerprint density at radius 3 is 3.00 bits per heavy atom. The standard InChI is InChI=1S/C14H25N3O2S/c1-14(2,3)10-17-9-11(8-16-17)7-15-13-6-12(18)4-5-20(13)19/h8-9,12-13,15,18H,4-7,10H2,1-3H3. The zero-order chi connectivity index (χ0) is 14.8. The van der Waals surface area contributed by atoms with Gasteiger partial charge >= 0.3 is 0 Å². The van der Waals surface area contributed by atoms with E-state index in [2.05, 4.69) is 31.2 Å². The molecule has 0 bridgehead atoms. The van der Waals surface area contributed by atoms with E-state index < -0.39 is 10.8 Å². The van der Waals surface area contributed by atoms with Crippen molar-refractivity contribution in [2.45, 2.75) is 58.2 Å². The number of hydrogen-bond acceptors (Lipinski definition) is 4. The summed E-state index contributed by atoms with van der Waals surface area (Å²) in [5.41, 5.74) is 1.29. The van der Waals surface area contributed by atoms with Gasteiger partial charge in [0.25, 0.3) is 0 Å². The molecule has 2 heterocycles. The lowest BCUT2D eigenvalue weighted by molar-refractivity contribution is 0.151. The van der Waals surface area contributed by atoms with Crippen molar-refractivity contribution in [1.82, 2.24) is 15.1 Å². The van der Waals surface area contributed by atoms with Crippen LogP contribution >= 0.6 is 0 Å². The van der Waals surface area contributed by atoms with E-state index >= 15 is 0 Å². The van der Waals surface area contributed by atoms with Gasteiger partial charge in [-0.3, -0.25) is 14.2 Å². The van der Waals surface area contributed by atoms with Crippen molar-refractivity contribution in [3.8, 4) is 0 Å². The third kappa shape index (κ3) is 4.68. The highest BCUT2D eigenvalue weighted by molar-refractivity contribution is 7.85. The van der Waals surface area contributed by atoms with Gasteiger partial charge < -0.3 is 5.11 Å². The lowest BCUT2D eigenvalue weighted by Gasteiger charge is -2.26. The van der Waals surface area contributed by atoms with Crippen LogP contribution in [0.1, 0.15) is 39.2 Å². The van der Waals surface area contributed by atoms with Crippen LogP contribution in [0.2, 0.25) is 0 Å². The number of aromatic nitrogens is 2. The van der Waals surface area contributed by atoms with Gasteiger partial charge in [-0.05, 0) is 11.8 Å². The smallest absolute Gasteiger partial charge is 0.0862 e. The molecule has 0 radical (unpaired) electrons. The number of aliphatic hydroxyl groups excluding tert-OH is 1. The van der Waals surface area contributed by atoms with Gasteiger partial charge in [0.05, 0.1) is 17.7 Å². The first-order chi connectivity index (χ1) is 9.33. The van der Waals surface area contributed by atoms with Crippen LogP contribution < -0.4 is 5.32 Å². The number of nitrogens with zero attached hydrogens (tertiary/aromatic N) is 2. The molecule has 3 unspecified atom stereocenters. The lowest BCUT2D eigenvalue weighted by atomic mass is 9.97. The highest BCUT2D eigenvalue weighted by Crippen LogP contribution is 2.17. The minimum Gasteiger partial charge on any atom is -0.393 e. The summed E-state index contributed by atoms with van der Waals surface area (Å²) in [5.74, 6) is 0.585. The second-order valence-corrected chi connectivity index (χ2v) is 8.48. The van der Waals surface area contributed by atoms with Crippen LogP contribution in [-0.4, -0.2) is 36.3 Å². The van der Waals surface area contributed by atoms with Crippen LogP contribution in [0.15, 0.2) is 12.4 Å². The second-order valence-electron chi connectivity index (χ2n) is 6.74. The molecule has 1 aliphatic heterocycles. The summed E-state index contributed by atoms with van der Waals surface area (Å²) in [7, 11) is -0.880. The van der Waals surface area contributed by atoms with Crippen LogP contribution in [-0.2, 0) is 23.9 Å². The third-order valence-corrected chi connectivity index (χ3v) is 4.94. The second kappa shape index (κ2) is 6.37. The Morgan fingerprint density at radius 1 is 1.55 bits per heavy atom. The van der Waals surface area contributed by atoms with Crippen molar-refractivity contribution in [3.63, 3.8) is 0 Å². The Hall–Kier alpha value is -0.720. The molecule has 0 spiro atoms. The molecule has 0 amide bonds. The minimum atomic E-state index is -0.880. The summed E-state index contributed by atoms with van der Waals surface area (Å²) in [6, 6.07) is 0. The highest BCUT2D eigenvalue weighted by atomic mass is 32.2. The van der Waals surface area contributed by atoms with Gasteiger partial charge in [0.2, 0.25) is 0 Å². The maximum absolute atomic E-state index is 11.9. The summed E-state index contributed by atoms with van der Waals surface area (Å²) >= 11 is 0. The van der Waals surface area contributed by atoms with Gasteiger partial charge in [0, 0.05) is 47.8 Å². The zero-order valence-electron chi connectivity index (χ0n) is 12.5. The highest BCUT2D eigenvalue weighted by Gasteiger charge is 2.26. The van der Waals surface area contributed by atoms with E-state index in [1.807, 2.05) is 17.1 Å². The fourth-order valence-electron chi connectivity index (χ4n) is 2.34. The Labute approximate surface area is 123 Å². The van der Waals surface area contributed by atoms with E-state index in [-0.39, 0.29) is 16.9 Å². The molecule has 1 aliphatic rings. The predicted octanol–water partition coefficient (Wildman–Crippen LogP) is 1.25. The summed E-state index contributed by atoms with van der Waals surface area (Å²) in [6.45, 7) is 8.06. The molecule has 5 nitrogen and oxygen atoms in total. The first kappa shape index (κ1) is 15.7. The number of rotatable bonds is 4. The van der Waals surface area contributed by atoms with Crippen LogP contribution in [0.5, 0.6) is 0 Å². The lowest BCUT2D eigenvalue weighted by Crippen LogP contribution is -2.41. The van der Waals surface area contributed by atoms with Crippen molar-refractivity contribution in [1.29, 1.82) is 0 Å². The molecule has 0 saturated carbocycles. The van der Waals surface area contributed by atoms with E-state index in [9.17, 15) is 9.32 Å². The molecular weight excluding hydrogens is 274 g/mol. The molecule has 2 N–H and O–H groups in total. The molecule has 114 valence electrons. The largest absolute Gasteiger partial charge is 0.393 e. The van der Waals surface area contributed by atoms with Gasteiger partial charge in [0.1, 0.15) is 0 Å². The first-order valence-corrected chi connectivity index (χ1v) is 8.52. The maximum Gasteiger partial charge on any atom is 0.0862 e. The van der Waals surface area contributed by atoms with Crippen molar-refractivity contribution in [2.24, 2.45) is 5.41 Å². The maximum atomic E-state index is 11.9. The average Bonchev–Trinajstić information content (AvgIpc) is 2.75. The molecule has 0 aliphatic carbocycles. The van der Waals surface area contributed by atoms with Gasteiger partial charge in [-0.2, -0.15) is 5.10 Å². The topological polar surface area (TPSA) is 67.2 Å².